The quantitative estimate of drug-likeness (QED) is 0.535. The first-order valence-electron chi connectivity index (χ1n) is 10.3. The van der Waals surface area contributed by atoms with Crippen LogP contribution in [0.4, 0.5) is 9.28 Å². The van der Waals surface area contributed by atoms with Crippen molar-refractivity contribution in [2.45, 2.75) is 43.8 Å². The average Bonchev–Trinajstić information content (AvgIpc) is 3.24. The molecule has 0 aliphatic carbocycles. The number of hydrogen-bond acceptors (Lipinski definition) is 8. The Balaban J connectivity index is 1.49. The van der Waals surface area contributed by atoms with Gasteiger partial charge in [0, 0.05) is 25.9 Å². The lowest BCUT2D eigenvalue weighted by Crippen LogP contribution is -2.42. The van der Waals surface area contributed by atoms with E-state index in [-0.39, 0.29) is 23.2 Å². The van der Waals surface area contributed by atoms with Crippen LogP contribution >= 0.6 is 0 Å². The zero-order chi connectivity index (χ0) is 23.6. The van der Waals surface area contributed by atoms with Crippen molar-refractivity contribution >= 4 is 27.1 Å². The van der Waals surface area contributed by atoms with E-state index in [4.69, 9.17) is 9.47 Å². The number of aromatic nitrogens is 4. The van der Waals surface area contributed by atoms with Crippen molar-refractivity contribution in [1.29, 1.82) is 0 Å². The molecule has 13 heteroatoms. The molecule has 1 saturated heterocycles. The molecule has 0 atom stereocenters. The van der Waals surface area contributed by atoms with Crippen molar-refractivity contribution in [1.82, 2.24) is 29.6 Å². The number of nitrogens with one attached hydrogen (secondary N) is 1. The van der Waals surface area contributed by atoms with Crippen LogP contribution in [0.2, 0.25) is 0 Å². The molecular formula is C20H23FN6O5S. The number of halogens is 1. The fourth-order valence-corrected chi connectivity index (χ4v) is 4.09. The summed E-state index contributed by atoms with van der Waals surface area (Å²) in [4.78, 5) is 22.8. The number of amides is 1. The zero-order valence-corrected chi connectivity index (χ0v) is 18.8. The Morgan fingerprint density at radius 1 is 1.18 bits per heavy atom. The lowest BCUT2D eigenvalue weighted by Gasteiger charge is -2.31. The van der Waals surface area contributed by atoms with Crippen LogP contribution in [0.3, 0.4) is 0 Å². The summed E-state index contributed by atoms with van der Waals surface area (Å²) in [5.41, 5.74) is 1.00. The first-order chi connectivity index (χ1) is 15.8. The monoisotopic (exact) mass is 478 g/mol. The van der Waals surface area contributed by atoms with Crippen LogP contribution in [0, 0.1) is 0 Å². The van der Waals surface area contributed by atoms with Gasteiger partial charge in [0.25, 0.3) is 10.0 Å². The molecule has 0 spiro atoms. The number of likely N-dealkylation sites (tertiary alicyclic amines) is 1. The van der Waals surface area contributed by atoms with Gasteiger partial charge in [-0.1, -0.05) is 0 Å². The molecule has 1 aromatic carbocycles. The van der Waals surface area contributed by atoms with Gasteiger partial charge in [-0.25, -0.2) is 27.9 Å². The predicted octanol–water partition coefficient (Wildman–Crippen LogP) is 2.37. The van der Waals surface area contributed by atoms with E-state index in [0.717, 1.165) is 4.94 Å². The Bertz CT molecular complexity index is 1240. The first kappa shape index (κ1) is 22.9. The van der Waals surface area contributed by atoms with E-state index >= 15 is 0 Å². The van der Waals surface area contributed by atoms with E-state index in [1.54, 1.807) is 11.1 Å². The first-order valence-corrected chi connectivity index (χ1v) is 11.8. The molecule has 1 aliphatic rings. The summed E-state index contributed by atoms with van der Waals surface area (Å²) in [6, 6.07) is 5.51. The fourth-order valence-electron chi connectivity index (χ4n) is 3.51. The molecule has 4 rings (SSSR count). The van der Waals surface area contributed by atoms with Gasteiger partial charge in [0.15, 0.2) is 5.65 Å². The molecule has 1 aliphatic heterocycles. The summed E-state index contributed by atoms with van der Waals surface area (Å²) < 4.78 is 48.5. The van der Waals surface area contributed by atoms with Gasteiger partial charge in [-0.15, -0.1) is 4.48 Å². The van der Waals surface area contributed by atoms with Gasteiger partial charge in [0.05, 0.1) is 22.9 Å². The highest BCUT2D eigenvalue weighted by Crippen LogP contribution is 2.26. The Labute approximate surface area is 189 Å². The summed E-state index contributed by atoms with van der Waals surface area (Å²) in [7, 11) is -4.19. The second-order valence-electron chi connectivity index (χ2n) is 7.78. The highest BCUT2D eigenvalue weighted by Gasteiger charge is 2.26. The highest BCUT2D eigenvalue weighted by atomic mass is 32.2. The van der Waals surface area contributed by atoms with Gasteiger partial charge in [-0.3, -0.25) is 0 Å². The topological polar surface area (TPSA) is 129 Å². The molecule has 1 N–H and O–H groups in total. The normalized spacial score (nSPS) is 15.2. The molecule has 0 bridgehead atoms. The lowest BCUT2D eigenvalue weighted by molar-refractivity contribution is 0.0511. The van der Waals surface area contributed by atoms with E-state index in [9.17, 15) is 17.7 Å². The Morgan fingerprint density at radius 2 is 1.88 bits per heavy atom. The number of nitrogens with zero attached hydrogens (tertiary/aromatic N) is 5. The summed E-state index contributed by atoms with van der Waals surface area (Å²) in [5, 5.41) is 4.90. The number of benzene rings is 1. The minimum absolute atomic E-state index is 0.132. The van der Waals surface area contributed by atoms with Crippen molar-refractivity contribution in [3.8, 4) is 11.6 Å². The van der Waals surface area contributed by atoms with Crippen molar-refractivity contribution < 1.29 is 27.2 Å². The molecular weight excluding hydrogens is 455 g/mol. The van der Waals surface area contributed by atoms with E-state index in [0.29, 0.717) is 48.5 Å². The van der Waals surface area contributed by atoms with Gasteiger partial charge < -0.3 is 14.4 Å². The standard InChI is InChI=1S/C20H23FN6O5S/c1-13(2)31-20(28)26-9-7-15(8-10-26)32-19-17-11-24-27(18(17)22-12-23-19)14-3-5-16(6-4-14)33(29,30)25-21/h3-6,11-13,15,25H,7-10H2,1-2H3. The van der Waals surface area contributed by atoms with Gasteiger partial charge in [-0.05, 0) is 43.1 Å². The van der Waals surface area contributed by atoms with Crippen LogP contribution in [0.1, 0.15) is 26.7 Å². The highest BCUT2D eigenvalue weighted by molar-refractivity contribution is 7.89. The largest absolute Gasteiger partial charge is 0.474 e. The second kappa shape index (κ2) is 9.27. The zero-order valence-electron chi connectivity index (χ0n) is 18.0. The Kier molecular flexibility index (Phi) is 6.42. The number of hydrogen-bond donors (Lipinski definition) is 1. The predicted molar refractivity (Wildman–Crippen MR) is 115 cm³/mol. The van der Waals surface area contributed by atoms with Gasteiger partial charge in [0.2, 0.25) is 5.88 Å². The molecule has 3 aromatic rings. The van der Waals surface area contributed by atoms with Crippen molar-refractivity contribution in [3.05, 3.63) is 36.8 Å². The van der Waals surface area contributed by atoms with E-state index < -0.39 is 10.0 Å². The fraction of sp³-hybridized carbons (Fsp3) is 0.400. The SMILES string of the molecule is CC(C)OC(=O)N1CCC(Oc2ncnc3c2cnn3-c2ccc(S(=O)(=O)NF)cc2)CC1. The summed E-state index contributed by atoms with van der Waals surface area (Å²) >= 11 is 0. The third-order valence-electron chi connectivity index (χ3n) is 5.14. The molecule has 1 fully saturated rings. The minimum Gasteiger partial charge on any atom is -0.474 e. The molecule has 1 amide bonds. The van der Waals surface area contributed by atoms with E-state index in [1.165, 1.54) is 35.3 Å². The molecule has 3 heterocycles. The Morgan fingerprint density at radius 3 is 2.52 bits per heavy atom. The van der Waals surface area contributed by atoms with Crippen molar-refractivity contribution in [3.63, 3.8) is 0 Å². The van der Waals surface area contributed by atoms with Crippen LogP contribution in [0.5, 0.6) is 5.88 Å². The lowest BCUT2D eigenvalue weighted by atomic mass is 10.1. The Hall–Kier alpha value is -3.32. The van der Waals surface area contributed by atoms with Gasteiger partial charge >= 0.3 is 6.09 Å². The maximum absolute atomic E-state index is 12.5. The molecule has 176 valence electrons. The van der Waals surface area contributed by atoms with Crippen molar-refractivity contribution in [2.24, 2.45) is 0 Å². The van der Waals surface area contributed by atoms with E-state index in [2.05, 4.69) is 15.1 Å². The van der Waals surface area contributed by atoms with Crippen LogP contribution < -0.4 is 9.68 Å². The minimum atomic E-state index is -4.19. The number of ether oxygens (including phenoxy) is 2. The van der Waals surface area contributed by atoms with Gasteiger partial charge in [0.1, 0.15) is 17.8 Å². The third-order valence-corrected chi connectivity index (χ3v) is 6.23. The molecule has 0 saturated carbocycles. The third kappa shape index (κ3) is 4.88. The smallest absolute Gasteiger partial charge is 0.410 e. The number of piperidine rings is 1. The number of rotatable bonds is 6. The number of carbonyl (C=O) groups excluding carboxylic acids is 1. The second-order valence-corrected chi connectivity index (χ2v) is 9.42. The molecule has 11 nitrogen and oxygen atoms in total. The molecule has 33 heavy (non-hydrogen) atoms. The maximum Gasteiger partial charge on any atom is 0.410 e. The molecule has 0 radical (unpaired) electrons. The van der Waals surface area contributed by atoms with Gasteiger partial charge in [-0.2, -0.15) is 5.10 Å². The maximum atomic E-state index is 12.5. The van der Waals surface area contributed by atoms with Crippen molar-refractivity contribution in [2.75, 3.05) is 13.1 Å². The number of sulfonamides is 1. The summed E-state index contributed by atoms with van der Waals surface area (Å²) in [5.74, 6) is 0.371. The molecule has 0 unspecified atom stereocenters. The molecule has 2 aromatic heterocycles. The van der Waals surface area contributed by atoms with Crippen LogP contribution in [0.25, 0.3) is 16.7 Å². The summed E-state index contributed by atoms with van der Waals surface area (Å²) in [6.45, 7) is 4.66. The number of carbonyl (C=O) groups is 1. The average molecular weight is 479 g/mol. The van der Waals surface area contributed by atoms with E-state index in [1.807, 2.05) is 13.8 Å². The van der Waals surface area contributed by atoms with Crippen LogP contribution in [0.15, 0.2) is 41.7 Å². The number of fused-ring (bicyclic) bond motifs is 1. The van der Waals surface area contributed by atoms with Crippen LogP contribution in [-0.4, -0.2) is 64.5 Å². The van der Waals surface area contributed by atoms with Crippen LogP contribution in [-0.2, 0) is 14.8 Å². The summed E-state index contributed by atoms with van der Waals surface area (Å²) in [6.07, 6.45) is 3.56.